The Morgan fingerprint density at radius 1 is 1.25 bits per heavy atom. The van der Waals surface area contributed by atoms with Gasteiger partial charge in [-0.2, -0.15) is 0 Å². The Bertz CT molecular complexity index is 521. The molecule has 0 atom stereocenters. The van der Waals surface area contributed by atoms with Crippen LogP contribution in [-0.4, -0.2) is 46.1 Å². The standard InChI is InChI=1S/C19H31N3O2/c1-3-10-19(24,11-4-2)15-21-17-16(9-8-12-20-17)18(23)22-13-6-5-7-14-22/h8-9,12,24H,3-7,10-11,13-15H2,1-2H3,(H,20,21). The zero-order valence-electron chi connectivity index (χ0n) is 15.1. The Kier molecular flexibility index (Phi) is 7.03. The summed E-state index contributed by atoms with van der Waals surface area (Å²) in [4.78, 5) is 19.0. The molecule has 1 fully saturated rings. The number of carbonyl (C=O) groups is 1. The molecule has 0 unspecified atom stereocenters. The number of rotatable bonds is 8. The van der Waals surface area contributed by atoms with Gasteiger partial charge in [-0.05, 0) is 44.2 Å². The van der Waals surface area contributed by atoms with Gasteiger partial charge in [0.15, 0.2) is 0 Å². The van der Waals surface area contributed by atoms with Gasteiger partial charge in [-0.25, -0.2) is 4.98 Å². The monoisotopic (exact) mass is 333 g/mol. The highest BCUT2D eigenvalue weighted by molar-refractivity contribution is 5.98. The molecule has 2 rings (SSSR count). The minimum atomic E-state index is -0.744. The Morgan fingerprint density at radius 3 is 2.54 bits per heavy atom. The summed E-state index contributed by atoms with van der Waals surface area (Å²) in [6.45, 7) is 6.22. The number of piperidine rings is 1. The fourth-order valence-corrected chi connectivity index (χ4v) is 3.47. The molecule has 0 bridgehead atoms. The summed E-state index contributed by atoms with van der Waals surface area (Å²) in [5.74, 6) is 0.624. The summed E-state index contributed by atoms with van der Waals surface area (Å²) in [5, 5.41) is 14.0. The van der Waals surface area contributed by atoms with E-state index in [1.807, 2.05) is 11.0 Å². The molecule has 5 heteroatoms. The van der Waals surface area contributed by atoms with Crippen LogP contribution in [0.25, 0.3) is 0 Å². The molecule has 0 radical (unpaired) electrons. The predicted octanol–water partition coefficient (Wildman–Crippen LogP) is 3.45. The molecular weight excluding hydrogens is 302 g/mol. The Balaban J connectivity index is 2.09. The molecule has 1 aliphatic heterocycles. The van der Waals surface area contributed by atoms with E-state index in [0.29, 0.717) is 17.9 Å². The maximum atomic E-state index is 12.8. The van der Waals surface area contributed by atoms with Gasteiger partial charge >= 0.3 is 0 Å². The van der Waals surface area contributed by atoms with Gasteiger partial charge in [0.05, 0.1) is 11.2 Å². The van der Waals surface area contributed by atoms with Crippen molar-refractivity contribution in [2.45, 2.75) is 64.4 Å². The van der Waals surface area contributed by atoms with Crippen molar-refractivity contribution in [2.75, 3.05) is 25.0 Å². The van der Waals surface area contributed by atoms with E-state index >= 15 is 0 Å². The van der Waals surface area contributed by atoms with Gasteiger partial charge in [0, 0.05) is 25.8 Å². The third kappa shape index (κ3) is 4.94. The van der Waals surface area contributed by atoms with Crippen LogP contribution in [0.2, 0.25) is 0 Å². The van der Waals surface area contributed by atoms with E-state index in [1.165, 1.54) is 6.42 Å². The molecule has 1 aliphatic rings. The van der Waals surface area contributed by atoms with E-state index in [4.69, 9.17) is 0 Å². The van der Waals surface area contributed by atoms with E-state index in [0.717, 1.165) is 51.6 Å². The van der Waals surface area contributed by atoms with E-state index < -0.39 is 5.60 Å². The van der Waals surface area contributed by atoms with Crippen LogP contribution in [0.1, 0.15) is 69.2 Å². The van der Waals surface area contributed by atoms with E-state index in [2.05, 4.69) is 24.1 Å². The lowest BCUT2D eigenvalue weighted by molar-refractivity contribution is 0.0342. The van der Waals surface area contributed by atoms with Crippen LogP contribution in [0, 0.1) is 0 Å². The van der Waals surface area contributed by atoms with Crippen molar-refractivity contribution in [2.24, 2.45) is 0 Å². The molecule has 0 saturated carbocycles. The van der Waals surface area contributed by atoms with E-state index in [1.54, 1.807) is 12.3 Å². The largest absolute Gasteiger partial charge is 0.388 e. The third-order valence-electron chi connectivity index (χ3n) is 4.70. The topological polar surface area (TPSA) is 65.5 Å². The first-order valence-corrected chi connectivity index (χ1v) is 9.30. The van der Waals surface area contributed by atoms with Crippen molar-refractivity contribution in [3.63, 3.8) is 0 Å². The predicted molar refractivity (Wildman–Crippen MR) is 97.2 cm³/mol. The first-order chi connectivity index (χ1) is 11.6. The molecule has 1 saturated heterocycles. The molecule has 24 heavy (non-hydrogen) atoms. The average molecular weight is 333 g/mol. The second kappa shape index (κ2) is 9.02. The minimum Gasteiger partial charge on any atom is -0.388 e. The molecule has 5 nitrogen and oxygen atoms in total. The lowest BCUT2D eigenvalue weighted by Gasteiger charge is -2.29. The summed E-state index contributed by atoms with van der Waals surface area (Å²) in [7, 11) is 0. The van der Waals surface area contributed by atoms with Gasteiger partial charge in [-0.3, -0.25) is 4.79 Å². The smallest absolute Gasteiger partial charge is 0.257 e. The van der Waals surface area contributed by atoms with Crippen molar-refractivity contribution in [1.82, 2.24) is 9.88 Å². The lowest BCUT2D eigenvalue weighted by Crippen LogP contribution is -2.38. The van der Waals surface area contributed by atoms with E-state index in [-0.39, 0.29) is 5.91 Å². The van der Waals surface area contributed by atoms with Crippen LogP contribution in [0.4, 0.5) is 5.82 Å². The zero-order valence-corrected chi connectivity index (χ0v) is 15.1. The second-order valence-corrected chi connectivity index (χ2v) is 6.83. The first-order valence-electron chi connectivity index (χ1n) is 9.30. The van der Waals surface area contributed by atoms with Crippen LogP contribution < -0.4 is 5.32 Å². The SMILES string of the molecule is CCCC(O)(CCC)CNc1ncccc1C(=O)N1CCCCC1. The Morgan fingerprint density at radius 2 is 1.92 bits per heavy atom. The third-order valence-corrected chi connectivity index (χ3v) is 4.70. The highest BCUT2D eigenvalue weighted by Crippen LogP contribution is 2.22. The minimum absolute atomic E-state index is 0.0415. The van der Waals surface area contributed by atoms with Crippen molar-refractivity contribution in [3.8, 4) is 0 Å². The van der Waals surface area contributed by atoms with Crippen molar-refractivity contribution in [1.29, 1.82) is 0 Å². The first kappa shape index (κ1) is 18.7. The molecule has 2 heterocycles. The number of pyridine rings is 1. The number of hydrogen-bond donors (Lipinski definition) is 2. The highest BCUT2D eigenvalue weighted by atomic mass is 16.3. The number of hydrogen-bond acceptors (Lipinski definition) is 4. The maximum absolute atomic E-state index is 12.8. The number of anilines is 1. The molecule has 1 amide bonds. The number of likely N-dealkylation sites (tertiary alicyclic amines) is 1. The fraction of sp³-hybridized carbons (Fsp3) is 0.684. The van der Waals surface area contributed by atoms with Crippen molar-refractivity contribution >= 4 is 11.7 Å². The number of amides is 1. The number of nitrogens with one attached hydrogen (secondary N) is 1. The maximum Gasteiger partial charge on any atom is 0.257 e. The zero-order chi connectivity index (χ0) is 17.4. The van der Waals surface area contributed by atoms with Crippen LogP contribution >= 0.6 is 0 Å². The number of carbonyl (C=O) groups excluding carboxylic acids is 1. The normalized spacial score (nSPS) is 15.4. The molecule has 134 valence electrons. The molecule has 0 aliphatic carbocycles. The molecule has 2 N–H and O–H groups in total. The summed E-state index contributed by atoms with van der Waals surface area (Å²) in [6, 6.07) is 3.62. The summed E-state index contributed by atoms with van der Waals surface area (Å²) in [5.41, 5.74) is -0.137. The van der Waals surface area contributed by atoms with Crippen molar-refractivity contribution < 1.29 is 9.90 Å². The molecule has 0 aromatic carbocycles. The number of nitrogens with zero attached hydrogens (tertiary/aromatic N) is 2. The fourth-order valence-electron chi connectivity index (χ4n) is 3.47. The van der Waals surface area contributed by atoms with Crippen LogP contribution in [0.3, 0.4) is 0 Å². The van der Waals surface area contributed by atoms with Crippen molar-refractivity contribution in [3.05, 3.63) is 23.9 Å². The Labute approximate surface area is 145 Å². The Hall–Kier alpha value is -1.62. The highest BCUT2D eigenvalue weighted by Gasteiger charge is 2.26. The van der Waals surface area contributed by atoms with Gasteiger partial charge < -0.3 is 15.3 Å². The van der Waals surface area contributed by atoms with Gasteiger partial charge in [0.1, 0.15) is 5.82 Å². The lowest BCUT2D eigenvalue weighted by atomic mass is 9.92. The molecule has 0 spiro atoms. The van der Waals surface area contributed by atoms with Crippen LogP contribution in [-0.2, 0) is 0 Å². The van der Waals surface area contributed by atoms with Gasteiger partial charge in [-0.15, -0.1) is 0 Å². The summed E-state index contributed by atoms with van der Waals surface area (Å²) < 4.78 is 0. The van der Waals surface area contributed by atoms with Gasteiger partial charge in [-0.1, -0.05) is 26.7 Å². The number of aromatic nitrogens is 1. The molecule has 1 aromatic heterocycles. The van der Waals surface area contributed by atoms with Crippen LogP contribution in [0.5, 0.6) is 0 Å². The van der Waals surface area contributed by atoms with Gasteiger partial charge in [0.25, 0.3) is 5.91 Å². The van der Waals surface area contributed by atoms with Crippen LogP contribution in [0.15, 0.2) is 18.3 Å². The second-order valence-electron chi connectivity index (χ2n) is 6.83. The molecule has 1 aromatic rings. The average Bonchev–Trinajstić information content (AvgIpc) is 2.61. The summed E-state index contributed by atoms with van der Waals surface area (Å²) in [6.07, 6.45) is 8.38. The number of aliphatic hydroxyl groups is 1. The quantitative estimate of drug-likeness (QED) is 0.765. The molecular formula is C19H31N3O2. The van der Waals surface area contributed by atoms with Gasteiger partial charge in [0.2, 0.25) is 0 Å². The summed E-state index contributed by atoms with van der Waals surface area (Å²) >= 11 is 0. The van der Waals surface area contributed by atoms with E-state index in [9.17, 15) is 9.90 Å².